The van der Waals surface area contributed by atoms with Crippen molar-refractivity contribution in [2.75, 3.05) is 22.5 Å². The fourth-order valence-corrected chi connectivity index (χ4v) is 6.78. The SMILES string of the molecule is CCNC(=O)[C@H]1O[C@@H](n2cnc3c(NC4CCC(Nc5c(NC6CCC(C)CC6)c(=O)c5=O)CC4)nc(Cl)nc32)[C@H](O)[C@@H]1O. The second-order valence-corrected chi connectivity index (χ2v) is 12.7. The zero-order valence-electron chi connectivity index (χ0n) is 24.8. The van der Waals surface area contributed by atoms with E-state index in [2.05, 4.69) is 43.1 Å². The van der Waals surface area contributed by atoms with Gasteiger partial charge in [0.15, 0.2) is 29.3 Å². The summed E-state index contributed by atoms with van der Waals surface area (Å²) in [7, 11) is 0. The molecule has 1 aromatic carbocycles. The van der Waals surface area contributed by atoms with Crippen molar-refractivity contribution in [3.05, 3.63) is 32.1 Å². The summed E-state index contributed by atoms with van der Waals surface area (Å²) in [6.45, 7) is 4.34. The lowest BCUT2D eigenvalue weighted by atomic mass is 9.87. The van der Waals surface area contributed by atoms with E-state index in [1.807, 2.05) is 0 Å². The highest BCUT2D eigenvalue weighted by Crippen LogP contribution is 2.34. The van der Waals surface area contributed by atoms with Gasteiger partial charge in [-0.05, 0) is 75.8 Å². The third-order valence-electron chi connectivity index (χ3n) is 9.21. The number of imidazole rings is 1. The van der Waals surface area contributed by atoms with Crippen LogP contribution in [0, 0.1) is 5.92 Å². The first kappa shape index (κ1) is 30.7. The molecule has 0 spiro atoms. The van der Waals surface area contributed by atoms with Gasteiger partial charge in [-0.2, -0.15) is 9.97 Å². The molecule has 1 saturated heterocycles. The molecule has 2 saturated carbocycles. The van der Waals surface area contributed by atoms with E-state index in [-0.39, 0.29) is 29.1 Å². The largest absolute Gasteiger partial charge is 0.387 e. The molecule has 0 unspecified atom stereocenters. The fraction of sp³-hybridized carbons (Fsp3) is 0.655. The Morgan fingerprint density at radius 3 is 2.09 bits per heavy atom. The Labute approximate surface area is 258 Å². The smallest absolute Gasteiger partial charge is 0.253 e. The summed E-state index contributed by atoms with van der Waals surface area (Å²) in [5.41, 5.74) is 0.642. The molecule has 1 amide bonds. The van der Waals surface area contributed by atoms with Crippen molar-refractivity contribution in [2.45, 2.75) is 108 Å². The van der Waals surface area contributed by atoms with E-state index in [0.29, 0.717) is 35.2 Å². The van der Waals surface area contributed by atoms with Crippen LogP contribution in [-0.4, -0.2) is 78.6 Å². The van der Waals surface area contributed by atoms with Crippen LogP contribution in [0.25, 0.3) is 11.2 Å². The normalized spacial score (nSPS) is 30.8. The Bertz CT molecular complexity index is 1570. The topological polar surface area (TPSA) is 193 Å². The number of hydrogen-bond donors (Lipinski definition) is 6. The van der Waals surface area contributed by atoms with Crippen molar-refractivity contribution in [3.8, 4) is 0 Å². The number of nitrogens with one attached hydrogen (secondary N) is 4. The van der Waals surface area contributed by atoms with Gasteiger partial charge in [-0.25, -0.2) is 4.98 Å². The van der Waals surface area contributed by atoms with E-state index in [9.17, 15) is 24.6 Å². The predicted octanol–water partition coefficient (Wildman–Crippen LogP) is 1.66. The summed E-state index contributed by atoms with van der Waals surface area (Å²) in [5.74, 6) is 0.588. The number of likely N-dealkylation sites (N-methyl/N-ethyl adjacent to an activating group) is 1. The van der Waals surface area contributed by atoms with Crippen molar-refractivity contribution in [1.29, 1.82) is 0 Å². The van der Waals surface area contributed by atoms with Gasteiger partial charge in [-0.3, -0.25) is 19.0 Å². The minimum absolute atomic E-state index is 0.0409. The van der Waals surface area contributed by atoms with Crippen LogP contribution in [0.5, 0.6) is 0 Å². The maximum Gasteiger partial charge on any atom is 0.253 e. The number of halogens is 1. The van der Waals surface area contributed by atoms with Crippen LogP contribution in [-0.2, 0) is 9.53 Å². The molecule has 44 heavy (non-hydrogen) atoms. The van der Waals surface area contributed by atoms with Gasteiger partial charge >= 0.3 is 0 Å². The van der Waals surface area contributed by atoms with Crippen LogP contribution in [0.2, 0.25) is 5.28 Å². The van der Waals surface area contributed by atoms with Crippen LogP contribution < -0.4 is 32.1 Å². The van der Waals surface area contributed by atoms with Gasteiger partial charge in [0, 0.05) is 24.7 Å². The van der Waals surface area contributed by atoms with Gasteiger partial charge < -0.3 is 36.2 Å². The van der Waals surface area contributed by atoms with Crippen molar-refractivity contribution < 1.29 is 19.7 Å². The number of nitrogens with zero attached hydrogens (tertiary/aromatic N) is 4. The molecule has 3 fully saturated rings. The second kappa shape index (κ2) is 12.6. The summed E-state index contributed by atoms with van der Waals surface area (Å²) in [5, 5.41) is 33.8. The molecule has 2 aromatic heterocycles. The number of carbonyl (C=O) groups is 1. The van der Waals surface area contributed by atoms with E-state index in [0.717, 1.165) is 51.4 Å². The highest BCUT2D eigenvalue weighted by Gasteiger charge is 2.47. The van der Waals surface area contributed by atoms with E-state index >= 15 is 0 Å². The minimum Gasteiger partial charge on any atom is -0.387 e. The molecule has 3 aliphatic rings. The molecule has 6 rings (SSSR count). The molecule has 1 aliphatic heterocycles. The van der Waals surface area contributed by atoms with Crippen LogP contribution in [0.15, 0.2) is 15.9 Å². The highest BCUT2D eigenvalue weighted by molar-refractivity contribution is 6.28. The van der Waals surface area contributed by atoms with Gasteiger partial charge in [0.2, 0.25) is 5.28 Å². The molecule has 0 radical (unpaired) electrons. The number of fused-ring (bicyclic) bond motifs is 1. The number of rotatable bonds is 9. The lowest BCUT2D eigenvalue weighted by Crippen LogP contribution is -2.43. The quantitative estimate of drug-likeness (QED) is 0.148. The summed E-state index contributed by atoms with van der Waals surface area (Å²) >= 11 is 6.28. The molecule has 15 heteroatoms. The summed E-state index contributed by atoms with van der Waals surface area (Å²) in [6, 6.07) is 0.325. The average molecular weight is 631 g/mol. The van der Waals surface area contributed by atoms with Crippen molar-refractivity contribution in [1.82, 2.24) is 24.8 Å². The van der Waals surface area contributed by atoms with Gasteiger partial charge in [-0.15, -0.1) is 0 Å². The molecule has 3 heterocycles. The Balaban J connectivity index is 1.09. The number of aliphatic hydroxyl groups is 2. The van der Waals surface area contributed by atoms with Crippen molar-refractivity contribution in [3.63, 3.8) is 0 Å². The van der Waals surface area contributed by atoms with Crippen LogP contribution >= 0.6 is 11.6 Å². The van der Waals surface area contributed by atoms with E-state index in [1.54, 1.807) is 6.92 Å². The van der Waals surface area contributed by atoms with Gasteiger partial charge in [0.25, 0.3) is 16.8 Å². The lowest BCUT2D eigenvalue weighted by molar-refractivity contribution is -0.137. The third kappa shape index (κ3) is 5.87. The number of amides is 1. The van der Waals surface area contributed by atoms with Gasteiger partial charge in [-0.1, -0.05) is 6.92 Å². The van der Waals surface area contributed by atoms with Crippen LogP contribution in [0.4, 0.5) is 17.2 Å². The molecule has 6 N–H and O–H groups in total. The maximum absolute atomic E-state index is 12.4. The van der Waals surface area contributed by atoms with Crippen molar-refractivity contribution >= 4 is 45.9 Å². The molecule has 238 valence electrons. The number of anilines is 3. The number of ether oxygens (including phenoxy) is 1. The number of aromatic nitrogens is 4. The number of carbonyl (C=O) groups excluding carboxylic acids is 1. The maximum atomic E-state index is 12.4. The molecule has 14 nitrogen and oxygen atoms in total. The lowest BCUT2D eigenvalue weighted by Gasteiger charge is -2.32. The zero-order chi connectivity index (χ0) is 31.1. The fourth-order valence-electron chi connectivity index (χ4n) is 6.61. The number of aliphatic hydroxyl groups excluding tert-OH is 2. The Hall–Kier alpha value is -3.33. The summed E-state index contributed by atoms with van der Waals surface area (Å²) in [4.78, 5) is 50.1. The van der Waals surface area contributed by atoms with E-state index in [1.165, 1.54) is 10.9 Å². The van der Waals surface area contributed by atoms with Crippen LogP contribution in [0.1, 0.15) is 71.4 Å². The Morgan fingerprint density at radius 2 is 1.50 bits per heavy atom. The summed E-state index contributed by atoms with van der Waals surface area (Å²) < 4.78 is 7.17. The van der Waals surface area contributed by atoms with E-state index in [4.69, 9.17) is 16.3 Å². The molecular formula is C29H39ClN8O6. The predicted molar refractivity (Wildman–Crippen MR) is 165 cm³/mol. The Morgan fingerprint density at radius 1 is 0.932 bits per heavy atom. The van der Waals surface area contributed by atoms with Crippen LogP contribution in [0.3, 0.4) is 0 Å². The average Bonchev–Trinajstić information content (AvgIpc) is 3.56. The molecule has 3 aromatic rings. The molecule has 0 bridgehead atoms. The minimum atomic E-state index is -1.44. The third-order valence-corrected chi connectivity index (χ3v) is 9.38. The first-order chi connectivity index (χ1) is 21.1. The molecular weight excluding hydrogens is 592 g/mol. The monoisotopic (exact) mass is 630 g/mol. The highest BCUT2D eigenvalue weighted by atomic mass is 35.5. The second-order valence-electron chi connectivity index (χ2n) is 12.3. The summed E-state index contributed by atoms with van der Waals surface area (Å²) in [6.07, 6.45) is 3.54. The molecule has 2 aliphatic carbocycles. The standard InChI is InChI=1S/C29H39ClN8O6/c1-3-31-27(43)24-22(41)23(42)28(44-24)38-12-32-19-25(36-29(30)37-26(19)38)35-16-10-8-15(9-11-16)34-18-17(20(39)21(18)40)33-14-6-4-13(2)5-7-14/h12-16,22-24,28,33-34,41-42H,3-11H2,1-2H3,(H,31,43)(H,35,36,37)/t13?,14?,15?,16?,22-,23+,24-,28+/m0/s1. The molecule has 4 atom stereocenters. The van der Waals surface area contributed by atoms with E-state index < -0.39 is 41.3 Å². The number of hydrogen-bond acceptors (Lipinski definition) is 12. The van der Waals surface area contributed by atoms with Gasteiger partial charge in [0.1, 0.15) is 23.6 Å². The van der Waals surface area contributed by atoms with Gasteiger partial charge in [0.05, 0.1) is 6.33 Å². The first-order valence-electron chi connectivity index (χ1n) is 15.5. The first-order valence-corrected chi connectivity index (χ1v) is 15.8. The zero-order valence-corrected chi connectivity index (χ0v) is 25.5. The van der Waals surface area contributed by atoms with Crippen molar-refractivity contribution in [2.24, 2.45) is 5.92 Å². The Kier molecular flexibility index (Phi) is 8.77.